The Hall–Kier alpha value is -1.01. The molecule has 0 bridgehead atoms. The van der Waals surface area contributed by atoms with Gasteiger partial charge in [-0.05, 0) is 44.9 Å². The first-order valence-electron chi connectivity index (χ1n) is 8.13. The molecule has 3 heterocycles. The van der Waals surface area contributed by atoms with Crippen LogP contribution in [0.25, 0.3) is 0 Å². The highest BCUT2D eigenvalue weighted by atomic mass is 32.2. The molecule has 0 saturated carbocycles. The molecule has 2 atom stereocenters. The van der Waals surface area contributed by atoms with Crippen LogP contribution in [0.5, 0.6) is 0 Å². The molecule has 2 fully saturated rings. The van der Waals surface area contributed by atoms with E-state index in [1.807, 2.05) is 36.4 Å². The number of hydrogen-bond acceptors (Lipinski definition) is 4. The molecule has 1 aromatic heterocycles. The second-order valence-electron chi connectivity index (χ2n) is 6.28. The van der Waals surface area contributed by atoms with E-state index >= 15 is 0 Å². The summed E-state index contributed by atoms with van der Waals surface area (Å²) in [6.07, 6.45) is 3.50. The van der Waals surface area contributed by atoms with Crippen LogP contribution in [-0.4, -0.2) is 57.4 Å². The quantitative estimate of drug-likeness (QED) is 0.832. The van der Waals surface area contributed by atoms with Crippen LogP contribution in [0.3, 0.4) is 0 Å². The average molecular weight is 323 g/mol. The SMILES string of the molecule is Cc1cc(C)n(CC(=O)N(CC2CCCO2)C2CCSC2)n1. The first-order valence-corrected chi connectivity index (χ1v) is 9.29. The molecule has 0 aromatic carbocycles. The van der Waals surface area contributed by atoms with Crippen molar-refractivity contribution in [2.24, 2.45) is 0 Å². The second kappa shape index (κ2) is 7.04. The largest absolute Gasteiger partial charge is 0.376 e. The number of aromatic nitrogens is 2. The topological polar surface area (TPSA) is 47.4 Å². The zero-order valence-corrected chi connectivity index (χ0v) is 14.3. The Morgan fingerprint density at radius 3 is 2.95 bits per heavy atom. The van der Waals surface area contributed by atoms with Gasteiger partial charge < -0.3 is 9.64 Å². The molecule has 2 unspecified atom stereocenters. The van der Waals surface area contributed by atoms with E-state index in [1.165, 1.54) is 0 Å². The third kappa shape index (κ3) is 3.66. The number of ether oxygens (including phenoxy) is 1. The fourth-order valence-electron chi connectivity index (χ4n) is 3.28. The van der Waals surface area contributed by atoms with E-state index in [9.17, 15) is 4.79 Å². The predicted molar refractivity (Wildman–Crippen MR) is 88.1 cm³/mol. The molecule has 0 radical (unpaired) electrons. The zero-order valence-electron chi connectivity index (χ0n) is 13.5. The lowest BCUT2D eigenvalue weighted by molar-refractivity contribution is -0.135. The highest BCUT2D eigenvalue weighted by molar-refractivity contribution is 7.99. The molecule has 22 heavy (non-hydrogen) atoms. The molecule has 2 saturated heterocycles. The molecule has 122 valence electrons. The first-order chi connectivity index (χ1) is 10.6. The standard InChI is InChI=1S/C16H25N3O2S/c1-12-8-13(2)19(17-12)10-16(20)18(14-5-7-22-11-14)9-15-4-3-6-21-15/h8,14-15H,3-7,9-11H2,1-2H3. The predicted octanol–water partition coefficient (Wildman–Crippen LogP) is 2.01. The van der Waals surface area contributed by atoms with Gasteiger partial charge in [-0.25, -0.2) is 0 Å². The van der Waals surface area contributed by atoms with Gasteiger partial charge in [0, 0.05) is 30.6 Å². The van der Waals surface area contributed by atoms with Crippen molar-refractivity contribution in [2.45, 2.75) is 51.8 Å². The average Bonchev–Trinajstić information content (AvgIpc) is 3.20. The fourth-order valence-corrected chi connectivity index (χ4v) is 4.51. The van der Waals surface area contributed by atoms with E-state index < -0.39 is 0 Å². The van der Waals surface area contributed by atoms with Crippen LogP contribution in [0.4, 0.5) is 0 Å². The summed E-state index contributed by atoms with van der Waals surface area (Å²) in [6.45, 7) is 5.88. The minimum Gasteiger partial charge on any atom is -0.376 e. The van der Waals surface area contributed by atoms with Crippen LogP contribution < -0.4 is 0 Å². The van der Waals surface area contributed by atoms with Gasteiger partial charge in [-0.15, -0.1) is 0 Å². The van der Waals surface area contributed by atoms with Crippen LogP contribution in [0.2, 0.25) is 0 Å². The van der Waals surface area contributed by atoms with Crippen molar-refractivity contribution in [2.75, 3.05) is 24.7 Å². The smallest absolute Gasteiger partial charge is 0.244 e. The molecule has 3 rings (SSSR count). The molecular formula is C16H25N3O2S. The van der Waals surface area contributed by atoms with Crippen LogP contribution in [-0.2, 0) is 16.1 Å². The van der Waals surface area contributed by atoms with Gasteiger partial charge in [0.15, 0.2) is 0 Å². The summed E-state index contributed by atoms with van der Waals surface area (Å²) in [7, 11) is 0. The minimum absolute atomic E-state index is 0.175. The Kier molecular flexibility index (Phi) is 5.08. The van der Waals surface area contributed by atoms with Gasteiger partial charge in [0.25, 0.3) is 0 Å². The number of rotatable bonds is 5. The molecule has 0 N–H and O–H groups in total. The summed E-state index contributed by atoms with van der Waals surface area (Å²) < 4.78 is 7.57. The Bertz CT molecular complexity index is 519. The van der Waals surface area contributed by atoms with Crippen LogP contribution in [0.15, 0.2) is 6.07 Å². The summed E-state index contributed by atoms with van der Waals surface area (Å²) in [5, 5.41) is 4.42. The number of nitrogens with zero attached hydrogens (tertiary/aromatic N) is 3. The van der Waals surface area contributed by atoms with Crippen molar-refractivity contribution >= 4 is 17.7 Å². The number of thioether (sulfide) groups is 1. The Balaban J connectivity index is 1.69. The first kappa shape index (κ1) is 15.9. The van der Waals surface area contributed by atoms with Gasteiger partial charge in [0.05, 0.1) is 11.8 Å². The molecule has 6 heteroatoms. The van der Waals surface area contributed by atoms with E-state index in [0.717, 1.165) is 55.3 Å². The lowest BCUT2D eigenvalue weighted by atomic mass is 10.1. The van der Waals surface area contributed by atoms with Crippen molar-refractivity contribution in [1.29, 1.82) is 0 Å². The normalized spacial score (nSPS) is 24.8. The molecule has 2 aliphatic heterocycles. The van der Waals surface area contributed by atoms with E-state index in [4.69, 9.17) is 4.74 Å². The summed E-state index contributed by atoms with van der Waals surface area (Å²) in [5.74, 6) is 2.38. The monoisotopic (exact) mass is 323 g/mol. The maximum absolute atomic E-state index is 12.8. The zero-order chi connectivity index (χ0) is 15.5. The van der Waals surface area contributed by atoms with Gasteiger partial charge in [0.1, 0.15) is 6.54 Å². The van der Waals surface area contributed by atoms with Crippen LogP contribution >= 0.6 is 11.8 Å². The summed E-state index contributed by atoms with van der Waals surface area (Å²) in [6, 6.07) is 2.38. The van der Waals surface area contributed by atoms with Crippen LogP contribution in [0, 0.1) is 13.8 Å². The molecule has 1 amide bonds. The van der Waals surface area contributed by atoms with E-state index in [0.29, 0.717) is 12.6 Å². The number of carbonyl (C=O) groups excluding carboxylic acids is 1. The van der Waals surface area contributed by atoms with E-state index in [1.54, 1.807) is 0 Å². The third-order valence-corrected chi connectivity index (χ3v) is 5.62. The maximum Gasteiger partial charge on any atom is 0.244 e. The van der Waals surface area contributed by atoms with Gasteiger partial charge in [-0.2, -0.15) is 16.9 Å². The van der Waals surface area contributed by atoms with Crippen molar-refractivity contribution in [3.8, 4) is 0 Å². The molecule has 0 spiro atoms. The number of hydrogen-bond donors (Lipinski definition) is 0. The molecule has 5 nitrogen and oxygen atoms in total. The van der Waals surface area contributed by atoms with Crippen molar-refractivity contribution in [1.82, 2.24) is 14.7 Å². The van der Waals surface area contributed by atoms with Crippen molar-refractivity contribution in [3.05, 3.63) is 17.5 Å². The highest BCUT2D eigenvalue weighted by Crippen LogP contribution is 2.25. The summed E-state index contributed by atoms with van der Waals surface area (Å²) in [4.78, 5) is 14.9. The van der Waals surface area contributed by atoms with Gasteiger partial charge >= 0.3 is 0 Å². The number of aryl methyl sites for hydroxylation is 2. The van der Waals surface area contributed by atoms with E-state index in [2.05, 4.69) is 10.00 Å². The highest BCUT2D eigenvalue weighted by Gasteiger charge is 2.30. The maximum atomic E-state index is 12.8. The molecule has 0 aliphatic carbocycles. The second-order valence-corrected chi connectivity index (χ2v) is 7.43. The van der Waals surface area contributed by atoms with Crippen molar-refractivity contribution < 1.29 is 9.53 Å². The molecule has 1 aromatic rings. The lowest BCUT2D eigenvalue weighted by Gasteiger charge is -2.31. The van der Waals surface area contributed by atoms with Gasteiger partial charge in [0.2, 0.25) is 5.91 Å². The summed E-state index contributed by atoms with van der Waals surface area (Å²) >= 11 is 1.94. The van der Waals surface area contributed by atoms with Crippen molar-refractivity contribution in [3.63, 3.8) is 0 Å². The Morgan fingerprint density at radius 1 is 1.50 bits per heavy atom. The molecular weight excluding hydrogens is 298 g/mol. The Morgan fingerprint density at radius 2 is 2.36 bits per heavy atom. The fraction of sp³-hybridized carbons (Fsp3) is 0.750. The molecule has 2 aliphatic rings. The minimum atomic E-state index is 0.175. The van der Waals surface area contributed by atoms with Gasteiger partial charge in [-0.1, -0.05) is 0 Å². The van der Waals surface area contributed by atoms with Crippen LogP contribution in [0.1, 0.15) is 30.7 Å². The van der Waals surface area contributed by atoms with Gasteiger partial charge in [-0.3, -0.25) is 9.48 Å². The third-order valence-electron chi connectivity index (χ3n) is 4.48. The number of amides is 1. The summed E-state index contributed by atoms with van der Waals surface area (Å²) in [5.41, 5.74) is 2.01. The lowest BCUT2D eigenvalue weighted by Crippen LogP contribution is -2.46. The van der Waals surface area contributed by atoms with E-state index in [-0.39, 0.29) is 12.0 Å². The Labute approximate surface area is 136 Å². The number of carbonyl (C=O) groups is 1.